The molecule has 27 heavy (non-hydrogen) atoms. The molecule has 7 nitrogen and oxygen atoms in total. The average molecular weight is 362 g/mol. The van der Waals surface area contributed by atoms with Gasteiger partial charge in [-0.1, -0.05) is 12.1 Å². The second-order valence-corrected chi connectivity index (χ2v) is 6.76. The van der Waals surface area contributed by atoms with E-state index in [1.54, 1.807) is 19.1 Å². The number of likely N-dealkylation sites (tertiary alicyclic amines) is 1. The zero-order valence-corrected chi connectivity index (χ0v) is 15.3. The van der Waals surface area contributed by atoms with Crippen LogP contribution in [0.4, 0.5) is 0 Å². The number of benzene rings is 1. The highest BCUT2D eigenvalue weighted by molar-refractivity contribution is 5.95. The van der Waals surface area contributed by atoms with Gasteiger partial charge in [-0.2, -0.15) is 5.26 Å². The van der Waals surface area contributed by atoms with Crippen molar-refractivity contribution in [2.75, 3.05) is 13.1 Å². The Hall–Kier alpha value is -3.11. The second kappa shape index (κ2) is 8.52. The number of nitrogens with zero attached hydrogens (tertiary/aromatic N) is 4. The number of piperidine rings is 1. The van der Waals surface area contributed by atoms with Gasteiger partial charge in [0.2, 0.25) is 0 Å². The maximum Gasteiger partial charge on any atom is 0.272 e. The Labute approximate surface area is 158 Å². The van der Waals surface area contributed by atoms with E-state index in [9.17, 15) is 4.79 Å². The summed E-state index contributed by atoms with van der Waals surface area (Å²) in [5.74, 6) is -0.220. The monoisotopic (exact) mass is 362 g/mol. The molecule has 1 aromatic carbocycles. The molecule has 1 aliphatic heterocycles. The molecule has 138 valence electrons. The minimum Gasteiger partial charge on any atom is -0.348 e. The fourth-order valence-electron chi connectivity index (χ4n) is 3.09. The van der Waals surface area contributed by atoms with Crippen LogP contribution < -0.4 is 5.32 Å². The van der Waals surface area contributed by atoms with Crippen LogP contribution in [0.25, 0.3) is 0 Å². The smallest absolute Gasteiger partial charge is 0.272 e. The third-order valence-electron chi connectivity index (χ3n) is 4.69. The number of carbonyl (C=O) groups is 1. The van der Waals surface area contributed by atoms with E-state index >= 15 is 0 Å². The van der Waals surface area contributed by atoms with Gasteiger partial charge in [0.05, 0.1) is 17.3 Å². The molecule has 1 aromatic heterocycles. The number of hydrogen-bond acceptors (Lipinski definition) is 6. The molecule has 2 aromatic rings. The molecular formula is C20H22N6O. The van der Waals surface area contributed by atoms with Crippen LogP contribution in [0.5, 0.6) is 0 Å². The Kier molecular flexibility index (Phi) is 5.89. The lowest BCUT2D eigenvalue weighted by Gasteiger charge is -2.32. The average Bonchev–Trinajstić information content (AvgIpc) is 2.70. The number of aromatic nitrogens is 2. The van der Waals surface area contributed by atoms with Crippen molar-refractivity contribution < 1.29 is 4.79 Å². The molecule has 0 aliphatic carbocycles. The summed E-state index contributed by atoms with van der Waals surface area (Å²) in [5, 5.41) is 27.2. The summed E-state index contributed by atoms with van der Waals surface area (Å²) in [5.41, 5.74) is 2.94. The van der Waals surface area contributed by atoms with E-state index in [2.05, 4.69) is 26.5 Å². The number of hydrogen-bond donors (Lipinski definition) is 2. The van der Waals surface area contributed by atoms with Crippen molar-refractivity contribution in [1.82, 2.24) is 20.4 Å². The van der Waals surface area contributed by atoms with Crippen LogP contribution in [-0.4, -0.2) is 45.8 Å². The molecule has 0 atom stereocenters. The first kappa shape index (κ1) is 18.7. The molecule has 0 radical (unpaired) electrons. The van der Waals surface area contributed by atoms with Gasteiger partial charge in [-0.15, -0.1) is 10.2 Å². The van der Waals surface area contributed by atoms with Crippen molar-refractivity contribution in [3.8, 4) is 6.07 Å². The zero-order valence-electron chi connectivity index (χ0n) is 15.3. The summed E-state index contributed by atoms with van der Waals surface area (Å²) in [7, 11) is 0. The number of nitrogens with one attached hydrogen (secondary N) is 2. The minimum atomic E-state index is -0.220. The van der Waals surface area contributed by atoms with Crippen molar-refractivity contribution >= 4 is 11.6 Å². The van der Waals surface area contributed by atoms with Crippen LogP contribution >= 0.6 is 0 Å². The van der Waals surface area contributed by atoms with Crippen LogP contribution in [0.2, 0.25) is 0 Å². The van der Waals surface area contributed by atoms with Gasteiger partial charge in [-0.25, -0.2) is 0 Å². The van der Waals surface area contributed by atoms with Gasteiger partial charge in [0.15, 0.2) is 5.69 Å². The largest absolute Gasteiger partial charge is 0.348 e. The maximum atomic E-state index is 12.3. The van der Waals surface area contributed by atoms with Gasteiger partial charge in [0, 0.05) is 25.7 Å². The van der Waals surface area contributed by atoms with Crippen LogP contribution in [0.3, 0.4) is 0 Å². The normalized spacial score (nSPS) is 15.1. The standard InChI is InChI=1S/C20H22N6O/c1-14(22)18-6-7-19(25-24-18)20(27)23-17-8-10-26(11-9-17)13-16-4-2-15(12-21)3-5-16/h2-7,17,22H,8-11,13H2,1H3,(H,23,27). The molecule has 3 rings (SSSR count). The van der Waals surface area contributed by atoms with Crippen molar-refractivity contribution in [3.63, 3.8) is 0 Å². The van der Waals surface area contributed by atoms with E-state index in [-0.39, 0.29) is 17.6 Å². The van der Waals surface area contributed by atoms with Gasteiger partial charge in [-0.05, 0) is 49.6 Å². The Morgan fingerprint density at radius 3 is 2.37 bits per heavy atom. The number of carbonyl (C=O) groups excluding carboxylic acids is 1. The summed E-state index contributed by atoms with van der Waals surface area (Å²) in [6, 6.07) is 13.2. The SMILES string of the molecule is CC(=N)c1ccc(C(=O)NC2CCN(Cc3ccc(C#N)cc3)CC2)nn1. The van der Waals surface area contributed by atoms with Crippen LogP contribution in [0.15, 0.2) is 36.4 Å². The lowest BCUT2D eigenvalue weighted by atomic mass is 10.0. The maximum absolute atomic E-state index is 12.3. The molecule has 0 spiro atoms. The Morgan fingerprint density at radius 1 is 1.19 bits per heavy atom. The van der Waals surface area contributed by atoms with Crippen molar-refractivity contribution in [3.05, 3.63) is 58.9 Å². The Bertz CT molecular complexity index is 846. The van der Waals surface area contributed by atoms with Gasteiger partial charge >= 0.3 is 0 Å². The van der Waals surface area contributed by atoms with Crippen LogP contribution in [0, 0.1) is 16.7 Å². The summed E-state index contributed by atoms with van der Waals surface area (Å²) in [6.45, 7) is 4.29. The molecule has 2 heterocycles. The van der Waals surface area contributed by atoms with Crippen molar-refractivity contribution in [1.29, 1.82) is 10.7 Å². The molecule has 0 unspecified atom stereocenters. The van der Waals surface area contributed by atoms with E-state index in [1.807, 2.05) is 24.3 Å². The van der Waals surface area contributed by atoms with Gasteiger partial charge in [0.1, 0.15) is 5.69 Å². The predicted molar refractivity (Wildman–Crippen MR) is 101 cm³/mol. The molecule has 0 bridgehead atoms. The van der Waals surface area contributed by atoms with E-state index in [1.165, 1.54) is 5.56 Å². The fraction of sp³-hybridized carbons (Fsp3) is 0.350. The first-order valence-corrected chi connectivity index (χ1v) is 8.96. The molecule has 0 saturated carbocycles. The molecule has 1 fully saturated rings. The number of rotatable bonds is 5. The first-order valence-electron chi connectivity index (χ1n) is 8.96. The van der Waals surface area contributed by atoms with Crippen LogP contribution in [-0.2, 0) is 6.54 Å². The van der Waals surface area contributed by atoms with E-state index in [0.29, 0.717) is 17.0 Å². The van der Waals surface area contributed by atoms with E-state index in [0.717, 1.165) is 32.5 Å². The summed E-state index contributed by atoms with van der Waals surface area (Å²) >= 11 is 0. The first-order chi connectivity index (χ1) is 13.0. The third-order valence-corrected chi connectivity index (χ3v) is 4.69. The molecule has 2 N–H and O–H groups in total. The van der Waals surface area contributed by atoms with Gasteiger partial charge in [0.25, 0.3) is 5.91 Å². The third kappa shape index (κ3) is 4.96. The molecule has 7 heteroatoms. The lowest BCUT2D eigenvalue weighted by molar-refractivity contribution is 0.0903. The van der Waals surface area contributed by atoms with Crippen LogP contribution in [0.1, 0.15) is 47.1 Å². The predicted octanol–water partition coefficient (Wildman–Crippen LogP) is 2.13. The van der Waals surface area contributed by atoms with E-state index in [4.69, 9.17) is 10.7 Å². The highest BCUT2D eigenvalue weighted by atomic mass is 16.2. The topological polar surface area (TPSA) is 106 Å². The molecule has 1 amide bonds. The second-order valence-electron chi connectivity index (χ2n) is 6.76. The highest BCUT2D eigenvalue weighted by Gasteiger charge is 2.22. The summed E-state index contributed by atoms with van der Waals surface area (Å²) in [6.07, 6.45) is 1.76. The summed E-state index contributed by atoms with van der Waals surface area (Å²) < 4.78 is 0. The number of amides is 1. The van der Waals surface area contributed by atoms with Gasteiger partial charge in [-0.3, -0.25) is 9.69 Å². The number of nitriles is 1. The lowest BCUT2D eigenvalue weighted by Crippen LogP contribution is -2.44. The summed E-state index contributed by atoms with van der Waals surface area (Å²) in [4.78, 5) is 14.7. The molecule has 1 aliphatic rings. The van der Waals surface area contributed by atoms with Crippen molar-refractivity contribution in [2.24, 2.45) is 0 Å². The minimum absolute atomic E-state index is 0.126. The van der Waals surface area contributed by atoms with E-state index < -0.39 is 0 Å². The zero-order chi connectivity index (χ0) is 19.2. The Balaban J connectivity index is 1.48. The fourth-order valence-corrected chi connectivity index (χ4v) is 3.09. The highest BCUT2D eigenvalue weighted by Crippen LogP contribution is 2.15. The van der Waals surface area contributed by atoms with Gasteiger partial charge < -0.3 is 10.7 Å². The molecule has 1 saturated heterocycles. The quantitative estimate of drug-likeness (QED) is 0.793. The van der Waals surface area contributed by atoms with Crippen molar-refractivity contribution in [2.45, 2.75) is 32.4 Å². The molecular weight excluding hydrogens is 340 g/mol. The Morgan fingerprint density at radius 2 is 1.81 bits per heavy atom.